The van der Waals surface area contributed by atoms with E-state index in [0.717, 1.165) is 12.3 Å². The van der Waals surface area contributed by atoms with Gasteiger partial charge in [0.15, 0.2) is 6.10 Å². The summed E-state index contributed by atoms with van der Waals surface area (Å²) >= 11 is 0. The molecule has 10 atom stereocenters. The molecule has 12 heteroatoms. The monoisotopic (exact) mass is 536 g/mol. The molecule has 1 saturated heterocycles. The molecule has 0 spiro atoms. The van der Waals surface area contributed by atoms with Crippen molar-refractivity contribution in [3.8, 4) is 5.75 Å². The summed E-state index contributed by atoms with van der Waals surface area (Å²) in [5.41, 5.74) is 0.672. The molecule has 0 radical (unpaired) electrons. The molecule has 0 unspecified atom stereocenters. The van der Waals surface area contributed by atoms with Crippen molar-refractivity contribution in [2.24, 2.45) is 17.8 Å². The fraction of sp³-hybridized carbons (Fsp3) is 0.538. The molecule has 1 aromatic carbocycles. The largest absolute Gasteiger partial charge is 0.497 e. The van der Waals surface area contributed by atoms with Crippen LogP contribution in [0.2, 0.25) is 0 Å². The van der Waals surface area contributed by atoms with Crippen molar-refractivity contribution in [2.75, 3.05) is 13.7 Å². The first-order chi connectivity index (χ1) is 18.1. The minimum absolute atomic E-state index is 0.00171. The van der Waals surface area contributed by atoms with Gasteiger partial charge >= 0.3 is 11.9 Å². The number of carboxylic acid groups (broad SMARTS) is 1. The van der Waals surface area contributed by atoms with Gasteiger partial charge in [-0.25, -0.2) is 9.59 Å². The number of aliphatic hydroxyl groups excluding tert-OH is 4. The summed E-state index contributed by atoms with van der Waals surface area (Å²) in [5, 5.41) is 50.7. The summed E-state index contributed by atoms with van der Waals surface area (Å²) in [6.07, 6.45) is -5.61. The Kier molecular flexibility index (Phi) is 8.71. The standard InChI is InChI=1S/C26H32O12/c1-12-17(28)9-15-16(24(32)33)11-35-25(20(12)15)38-26-23(22(31)21(30)18(10-27)36-26)37-19(29)8-5-13-3-6-14(34-2)7-4-13/h3-8,11-12,15,17-18,20-23,25-28,30-31H,9-10H2,1-2H3,(H,32,33)/t12-,15+,17-,18+,20+,21+,22-,23+,25-,26-/m0/s1. The van der Waals surface area contributed by atoms with Gasteiger partial charge in [0, 0.05) is 17.9 Å². The minimum Gasteiger partial charge on any atom is -0.497 e. The quantitative estimate of drug-likeness (QED) is 0.222. The van der Waals surface area contributed by atoms with E-state index in [2.05, 4.69) is 0 Å². The van der Waals surface area contributed by atoms with Crippen molar-refractivity contribution >= 4 is 18.0 Å². The average molecular weight is 537 g/mol. The van der Waals surface area contributed by atoms with Gasteiger partial charge in [-0.3, -0.25) is 0 Å². The van der Waals surface area contributed by atoms with Gasteiger partial charge in [-0.05, 0) is 36.1 Å². The third-order valence-electron chi connectivity index (χ3n) is 7.34. The number of carboxylic acids is 1. The van der Waals surface area contributed by atoms with E-state index in [0.29, 0.717) is 11.3 Å². The molecule has 0 aromatic heterocycles. The van der Waals surface area contributed by atoms with Crippen LogP contribution < -0.4 is 4.74 Å². The number of hydrogen-bond donors (Lipinski definition) is 5. The Labute approximate surface area is 218 Å². The molecule has 1 aliphatic carbocycles. The molecule has 4 rings (SSSR count). The van der Waals surface area contributed by atoms with E-state index in [1.807, 2.05) is 0 Å². The summed E-state index contributed by atoms with van der Waals surface area (Å²) in [5.74, 6) is -2.97. The molecule has 38 heavy (non-hydrogen) atoms. The summed E-state index contributed by atoms with van der Waals surface area (Å²) in [7, 11) is 1.53. The van der Waals surface area contributed by atoms with E-state index >= 15 is 0 Å². The zero-order valence-electron chi connectivity index (χ0n) is 20.8. The maximum Gasteiger partial charge on any atom is 0.334 e. The highest BCUT2D eigenvalue weighted by Crippen LogP contribution is 2.47. The van der Waals surface area contributed by atoms with E-state index in [1.165, 1.54) is 13.2 Å². The Hall–Kier alpha value is -3.00. The van der Waals surface area contributed by atoms with E-state index in [9.17, 15) is 35.1 Å². The van der Waals surface area contributed by atoms with Crippen LogP contribution in [0.25, 0.3) is 6.08 Å². The number of aliphatic carboxylic acids is 1. The van der Waals surface area contributed by atoms with Crippen LogP contribution in [0.15, 0.2) is 42.2 Å². The van der Waals surface area contributed by atoms with Gasteiger partial charge in [0.2, 0.25) is 12.6 Å². The average Bonchev–Trinajstić information content (AvgIpc) is 3.21. The maximum absolute atomic E-state index is 12.6. The second-order valence-corrected chi connectivity index (χ2v) is 9.58. The number of hydrogen-bond acceptors (Lipinski definition) is 11. The van der Waals surface area contributed by atoms with E-state index in [-0.39, 0.29) is 12.0 Å². The number of aliphatic hydroxyl groups is 4. The molecule has 1 aromatic rings. The highest BCUT2D eigenvalue weighted by Gasteiger charge is 2.54. The van der Waals surface area contributed by atoms with Crippen molar-refractivity contribution in [3.05, 3.63) is 47.7 Å². The Morgan fingerprint density at radius 1 is 1.11 bits per heavy atom. The second kappa shape index (κ2) is 11.8. The lowest BCUT2D eigenvalue weighted by Gasteiger charge is -2.44. The van der Waals surface area contributed by atoms with E-state index in [4.69, 9.17) is 23.7 Å². The van der Waals surface area contributed by atoms with Gasteiger partial charge in [-0.2, -0.15) is 0 Å². The maximum atomic E-state index is 12.6. The lowest BCUT2D eigenvalue weighted by atomic mass is 9.83. The van der Waals surface area contributed by atoms with Crippen molar-refractivity contribution in [2.45, 2.75) is 56.4 Å². The number of benzene rings is 1. The molecule has 208 valence electrons. The number of fused-ring (bicyclic) bond motifs is 1. The number of rotatable bonds is 8. The molecular weight excluding hydrogens is 504 g/mol. The normalized spacial score (nSPS) is 36.7. The van der Waals surface area contributed by atoms with Gasteiger partial charge in [-0.1, -0.05) is 19.1 Å². The molecule has 3 aliphatic rings. The highest BCUT2D eigenvalue weighted by atomic mass is 16.8. The first kappa shape index (κ1) is 28.0. The number of ether oxygens (including phenoxy) is 5. The van der Waals surface area contributed by atoms with Gasteiger partial charge in [0.05, 0.1) is 31.7 Å². The van der Waals surface area contributed by atoms with Crippen LogP contribution in [0.3, 0.4) is 0 Å². The summed E-state index contributed by atoms with van der Waals surface area (Å²) < 4.78 is 27.6. The number of esters is 1. The van der Waals surface area contributed by atoms with Crippen LogP contribution >= 0.6 is 0 Å². The lowest BCUT2D eigenvalue weighted by molar-refractivity contribution is -0.343. The van der Waals surface area contributed by atoms with Gasteiger partial charge in [0.1, 0.15) is 24.1 Å². The molecule has 5 N–H and O–H groups in total. The second-order valence-electron chi connectivity index (χ2n) is 9.58. The summed E-state index contributed by atoms with van der Waals surface area (Å²) in [4.78, 5) is 24.3. The van der Waals surface area contributed by atoms with Crippen LogP contribution in [-0.4, -0.2) is 94.3 Å². The molecule has 0 amide bonds. The predicted octanol–water partition coefficient (Wildman–Crippen LogP) is 0.0337. The zero-order valence-corrected chi connectivity index (χ0v) is 20.8. The van der Waals surface area contributed by atoms with E-state index < -0.39 is 79.4 Å². The molecule has 2 fully saturated rings. The Balaban J connectivity index is 1.52. The molecule has 1 saturated carbocycles. The number of carbonyl (C=O) groups is 2. The Bertz CT molecular complexity index is 1050. The smallest absolute Gasteiger partial charge is 0.334 e. The van der Waals surface area contributed by atoms with Gasteiger partial charge in [0.25, 0.3) is 0 Å². The van der Waals surface area contributed by atoms with Gasteiger partial charge in [-0.15, -0.1) is 0 Å². The van der Waals surface area contributed by atoms with Crippen LogP contribution in [0.4, 0.5) is 0 Å². The Morgan fingerprint density at radius 2 is 1.82 bits per heavy atom. The van der Waals surface area contributed by atoms with E-state index in [1.54, 1.807) is 31.2 Å². The number of methoxy groups -OCH3 is 1. The fourth-order valence-corrected chi connectivity index (χ4v) is 5.15. The molecule has 12 nitrogen and oxygen atoms in total. The molecule has 2 aliphatic heterocycles. The molecule has 2 heterocycles. The van der Waals surface area contributed by atoms with Crippen molar-refractivity contribution < 1.29 is 58.8 Å². The highest BCUT2D eigenvalue weighted by molar-refractivity contribution is 5.87. The van der Waals surface area contributed by atoms with Crippen molar-refractivity contribution in [1.82, 2.24) is 0 Å². The predicted molar refractivity (Wildman–Crippen MR) is 128 cm³/mol. The van der Waals surface area contributed by atoms with Crippen molar-refractivity contribution in [3.63, 3.8) is 0 Å². The summed E-state index contributed by atoms with van der Waals surface area (Å²) in [6, 6.07) is 6.86. The van der Waals surface area contributed by atoms with Crippen molar-refractivity contribution in [1.29, 1.82) is 0 Å². The topological polar surface area (TPSA) is 181 Å². The SMILES string of the molecule is COc1ccc(C=CC(=O)O[C@H]2[C@H](O[C@@H]3OC=C(C(=O)O)[C@H]4C[C@H](O)[C@H](C)[C@@H]34)O[C@H](CO)[C@@H](O)[C@@H]2O)cc1. The zero-order chi connectivity index (χ0) is 27.6. The van der Waals surface area contributed by atoms with Crippen LogP contribution in [0.1, 0.15) is 18.9 Å². The minimum atomic E-state index is -1.68. The third kappa shape index (κ3) is 5.70. The van der Waals surface area contributed by atoms with Crippen LogP contribution in [0.5, 0.6) is 5.75 Å². The molecular formula is C26H32O12. The molecule has 0 bridgehead atoms. The van der Waals surface area contributed by atoms with Gasteiger partial charge < -0.3 is 49.2 Å². The van der Waals surface area contributed by atoms with Crippen LogP contribution in [0, 0.1) is 17.8 Å². The Morgan fingerprint density at radius 3 is 2.45 bits per heavy atom. The first-order valence-corrected chi connectivity index (χ1v) is 12.2. The number of carbonyl (C=O) groups excluding carboxylic acids is 1. The third-order valence-corrected chi connectivity index (χ3v) is 7.34. The first-order valence-electron chi connectivity index (χ1n) is 12.2. The summed E-state index contributed by atoms with van der Waals surface area (Å²) in [6.45, 7) is 1.07. The fourth-order valence-electron chi connectivity index (χ4n) is 5.15. The lowest BCUT2D eigenvalue weighted by Crippen LogP contribution is -2.61. The van der Waals surface area contributed by atoms with Crippen LogP contribution in [-0.2, 0) is 28.5 Å².